The van der Waals surface area contributed by atoms with E-state index in [2.05, 4.69) is 9.97 Å². The van der Waals surface area contributed by atoms with Gasteiger partial charge in [-0.25, -0.2) is 0 Å². The van der Waals surface area contributed by atoms with Crippen LogP contribution in [0.1, 0.15) is 10.4 Å². The molecule has 0 fully saturated rings. The molecular formula is C11H8N2OS. The summed E-state index contributed by atoms with van der Waals surface area (Å²) in [5, 5.41) is 0. The van der Waals surface area contributed by atoms with Crippen LogP contribution in [0.15, 0.2) is 36.7 Å². The number of hydrogen-bond acceptors (Lipinski definition) is 3. The van der Waals surface area contributed by atoms with Crippen LogP contribution < -0.4 is 0 Å². The summed E-state index contributed by atoms with van der Waals surface area (Å²) < 4.78 is 0.438. The first kappa shape index (κ1) is 9.73. The summed E-state index contributed by atoms with van der Waals surface area (Å²) in [6, 6.07) is 7.34. The normalized spacial score (nSPS) is 9.87. The molecular weight excluding hydrogens is 208 g/mol. The predicted octanol–water partition coefficient (Wildman–Crippen LogP) is 2.62. The SMILES string of the molecule is O=Cc1c(-c2ccccn2)cc[nH]c1=S. The molecule has 0 amide bonds. The number of hydrogen-bond donors (Lipinski definition) is 1. The molecule has 2 aromatic heterocycles. The molecule has 1 N–H and O–H groups in total. The van der Waals surface area contributed by atoms with E-state index in [1.165, 1.54) is 0 Å². The lowest BCUT2D eigenvalue weighted by Gasteiger charge is -2.02. The molecule has 74 valence electrons. The van der Waals surface area contributed by atoms with Crippen LogP contribution in [0.5, 0.6) is 0 Å². The van der Waals surface area contributed by atoms with Gasteiger partial charge >= 0.3 is 0 Å². The second-order valence-corrected chi connectivity index (χ2v) is 3.38. The number of aromatic amines is 1. The summed E-state index contributed by atoms with van der Waals surface area (Å²) in [4.78, 5) is 17.9. The number of pyridine rings is 2. The number of H-pyrrole nitrogens is 1. The first-order chi connectivity index (χ1) is 7.33. The van der Waals surface area contributed by atoms with Crippen molar-refractivity contribution in [3.8, 4) is 11.3 Å². The van der Waals surface area contributed by atoms with Crippen LogP contribution in [0.3, 0.4) is 0 Å². The van der Waals surface area contributed by atoms with Gasteiger partial charge in [-0.3, -0.25) is 9.78 Å². The minimum atomic E-state index is 0.438. The fourth-order valence-electron chi connectivity index (χ4n) is 1.35. The summed E-state index contributed by atoms with van der Waals surface area (Å²) in [6.45, 7) is 0. The minimum Gasteiger partial charge on any atom is -0.352 e. The molecule has 0 aliphatic carbocycles. The van der Waals surface area contributed by atoms with Gasteiger partial charge < -0.3 is 4.98 Å². The minimum absolute atomic E-state index is 0.438. The Hall–Kier alpha value is -1.81. The highest BCUT2D eigenvalue weighted by atomic mass is 32.1. The lowest BCUT2D eigenvalue weighted by molar-refractivity contribution is 0.112. The number of carbonyl (C=O) groups is 1. The Morgan fingerprint density at radius 1 is 1.33 bits per heavy atom. The van der Waals surface area contributed by atoms with Crippen LogP contribution in [-0.2, 0) is 0 Å². The van der Waals surface area contributed by atoms with Crippen molar-refractivity contribution >= 4 is 18.5 Å². The number of aldehydes is 1. The van der Waals surface area contributed by atoms with Crippen molar-refractivity contribution < 1.29 is 4.79 Å². The lowest BCUT2D eigenvalue weighted by atomic mass is 10.1. The number of nitrogens with one attached hydrogen (secondary N) is 1. The molecule has 0 saturated heterocycles. The molecule has 0 saturated carbocycles. The van der Waals surface area contributed by atoms with Gasteiger partial charge in [0.25, 0.3) is 0 Å². The maximum Gasteiger partial charge on any atom is 0.153 e. The monoisotopic (exact) mass is 216 g/mol. The zero-order valence-corrected chi connectivity index (χ0v) is 8.62. The Morgan fingerprint density at radius 2 is 2.20 bits per heavy atom. The van der Waals surface area contributed by atoms with Crippen molar-refractivity contribution in [1.29, 1.82) is 0 Å². The second kappa shape index (κ2) is 4.14. The number of rotatable bonds is 2. The van der Waals surface area contributed by atoms with E-state index < -0.39 is 0 Å². The fraction of sp³-hybridized carbons (Fsp3) is 0. The van der Waals surface area contributed by atoms with E-state index in [1.54, 1.807) is 18.5 Å². The summed E-state index contributed by atoms with van der Waals surface area (Å²) in [7, 11) is 0. The van der Waals surface area contributed by atoms with Crippen LogP contribution in [-0.4, -0.2) is 16.3 Å². The molecule has 0 aliphatic rings. The topological polar surface area (TPSA) is 45.8 Å². The van der Waals surface area contributed by atoms with Crippen molar-refractivity contribution in [2.75, 3.05) is 0 Å². The zero-order chi connectivity index (χ0) is 10.7. The van der Waals surface area contributed by atoms with Crippen molar-refractivity contribution in [2.45, 2.75) is 0 Å². The van der Waals surface area contributed by atoms with Gasteiger partial charge in [-0.2, -0.15) is 0 Å². The van der Waals surface area contributed by atoms with E-state index in [0.29, 0.717) is 10.2 Å². The summed E-state index contributed by atoms with van der Waals surface area (Å²) in [5.41, 5.74) is 1.99. The van der Waals surface area contributed by atoms with Crippen molar-refractivity contribution in [3.63, 3.8) is 0 Å². The third-order valence-electron chi connectivity index (χ3n) is 2.06. The van der Waals surface area contributed by atoms with Crippen LogP contribution in [0.4, 0.5) is 0 Å². The maximum atomic E-state index is 10.9. The van der Waals surface area contributed by atoms with E-state index in [4.69, 9.17) is 12.2 Å². The quantitative estimate of drug-likeness (QED) is 0.620. The molecule has 15 heavy (non-hydrogen) atoms. The average Bonchev–Trinajstić information content (AvgIpc) is 2.30. The fourth-order valence-corrected chi connectivity index (χ4v) is 1.58. The maximum absolute atomic E-state index is 10.9. The molecule has 0 atom stereocenters. The molecule has 2 rings (SSSR count). The second-order valence-electron chi connectivity index (χ2n) is 2.97. The third kappa shape index (κ3) is 1.85. The number of carbonyl (C=O) groups excluding carboxylic acids is 1. The van der Waals surface area contributed by atoms with Gasteiger partial charge in [-0.1, -0.05) is 18.3 Å². The molecule has 0 aliphatic heterocycles. The third-order valence-corrected chi connectivity index (χ3v) is 2.40. The van der Waals surface area contributed by atoms with Gasteiger partial charge in [-0.05, 0) is 18.2 Å². The summed E-state index contributed by atoms with van der Waals surface area (Å²) in [5.74, 6) is 0. The van der Waals surface area contributed by atoms with Crippen molar-refractivity contribution in [3.05, 3.63) is 46.9 Å². The Balaban J connectivity index is 2.69. The first-order valence-electron chi connectivity index (χ1n) is 4.41. The molecule has 2 aromatic rings. The van der Waals surface area contributed by atoms with Gasteiger partial charge in [-0.15, -0.1) is 0 Å². The Morgan fingerprint density at radius 3 is 2.87 bits per heavy atom. The molecule has 0 bridgehead atoms. The molecule has 3 nitrogen and oxygen atoms in total. The predicted molar refractivity (Wildman–Crippen MR) is 60.2 cm³/mol. The summed E-state index contributed by atoms with van der Waals surface area (Å²) in [6.07, 6.45) is 4.14. The van der Waals surface area contributed by atoms with Crippen LogP contribution in [0.2, 0.25) is 0 Å². The molecule has 2 heterocycles. The van der Waals surface area contributed by atoms with E-state index in [9.17, 15) is 4.79 Å². The standard InChI is InChI=1S/C11H8N2OS/c14-7-9-8(4-6-13-11(9)15)10-3-1-2-5-12-10/h1-7H,(H,13,15). The van der Waals surface area contributed by atoms with E-state index in [-0.39, 0.29) is 0 Å². The molecule has 0 aromatic carbocycles. The van der Waals surface area contributed by atoms with E-state index in [0.717, 1.165) is 17.5 Å². The Labute approximate surface area is 91.8 Å². The van der Waals surface area contributed by atoms with Gasteiger partial charge in [0.2, 0.25) is 0 Å². The Kier molecular flexibility index (Phi) is 2.69. The van der Waals surface area contributed by atoms with E-state index in [1.807, 2.05) is 18.2 Å². The zero-order valence-electron chi connectivity index (χ0n) is 7.81. The van der Waals surface area contributed by atoms with Gasteiger partial charge in [0.05, 0.1) is 11.3 Å². The van der Waals surface area contributed by atoms with Crippen LogP contribution in [0, 0.1) is 4.64 Å². The van der Waals surface area contributed by atoms with Crippen molar-refractivity contribution in [2.24, 2.45) is 0 Å². The van der Waals surface area contributed by atoms with Crippen molar-refractivity contribution in [1.82, 2.24) is 9.97 Å². The highest BCUT2D eigenvalue weighted by molar-refractivity contribution is 7.71. The molecule has 0 radical (unpaired) electrons. The highest BCUT2D eigenvalue weighted by Crippen LogP contribution is 2.19. The Bertz CT molecular complexity index is 534. The van der Waals surface area contributed by atoms with Gasteiger partial charge in [0.1, 0.15) is 4.64 Å². The smallest absolute Gasteiger partial charge is 0.153 e. The molecule has 0 unspecified atom stereocenters. The lowest BCUT2D eigenvalue weighted by Crippen LogP contribution is -1.92. The highest BCUT2D eigenvalue weighted by Gasteiger charge is 2.05. The first-order valence-corrected chi connectivity index (χ1v) is 4.82. The van der Waals surface area contributed by atoms with E-state index >= 15 is 0 Å². The van der Waals surface area contributed by atoms with Crippen LogP contribution >= 0.6 is 12.2 Å². The molecule has 4 heteroatoms. The average molecular weight is 216 g/mol. The van der Waals surface area contributed by atoms with Crippen LogP contribution in [0.25, 0.3) is 11.3 Å². The number of nitrogens with zero attached hydrogens (tertiary/aromatic N) is 1. The number of aromatic nitrogens is 2. The largest absolute Gasteiger partial charge is 0.352 e. The van der Waals surface area contributed by atoms with Gasteiger partial charge in [0.15, 0.2) is 6.29 Å². The summed E-state index contributed by atoms with van der Waals surface area (Å²) >= 11 is 5.02. The van der Waals surface area contributed by atoms with Gasteiger partial charge in [0, 0.05) is 18.0 Å². The molecule has 0 spiro atoms.